The summed E-state index contributed by atoms with van der Waals surface area (Å²) in [6.07, 6.45) is 1.01. The van der Waals surface area contributed by atoms with Gasteiger partial charge in [0.25, 0.3) is 0 Å². The van der Waals surface area contributed by atoms with E-state index in [1.165, 1.54) is 18.4 Å². The topological polar surface area (TPSA) is 84.4 Å². The number of carbonyl (C=O) groups excluding carboxylic acids is 2. The van der Waals surface area contributed by atoms with Crippen LogP contribution in [0.1, 0.15) is 26.7 Å². The first kappa shape index (κ1) is 20.0. The van der Waals surface area contributed by atoms with E-state index in [0.717, 1.165) is 17.0 Å². The number of hydrogen-bond donors (Lipinski definition) is 1. The highest BCUT2D eigenvalue weighted by Gasteiger charge is 2.20. The van der Waals surface area contributed by atoms with Crippen molar-refractivity contribution >= 4 is 28.3 Å². The molecule has 0 saturated carbocycles. The van der Waals surface area contributed by atoms with Crippen molar-refractivity contribution in [3.8, 4) is 10.6 Å². The van der Waals surface area contributed by atoms with Crippen LogP contribution in [0.3, 0.4) is 0 Å². The summed E-state index contributed by atoms with van der Waals surface area (Å²) < 4.78 is 4.92. The van der Waals surface area contributed by atoms with E-state index in [0.29, 0.717) is 11.7 Å². The van der Waals surface area contributed by atoms with E-state index < -0.39 is 0 Å². The van der Waals surface area contributed by atoms with Gasteiger partial charge < -0.3 is 15.0 Å². The van der Waals surface area contributed by atoms with Gasteiger partial charge >= 0.3 is 0 Å². The summed E-state index contributed by atoms with van der Waals surface area (Å²) in [7, 11) is 1.49. The Morgan fingerprint density at radius 3 is 2.65 bits per heavy atom. The van der Waals surface area contributed by atoms with Crippen LogP contribution in [-0.4, -0.2) is 53.2 Å². The van der Waals surface area contributed by atoms with Crippen molar-refractivity contribution < 1.29 is 14.3 Å². The lowest BCUT2D eigenvalue weighted by Crippen LogP contribution is -2.42. The van der Waals surface area contributed by atoms with Crippen LogP contribution in [-0.2, 0) is 14.3 Å². The van der Waals surface area contributed by atoms with Gasteiger partial charge in [-0.3, -0.25) is 9.59 Å². The van der Waals surface area contributed by atoms with Crippen LogP contribution in [0.4, 0.5) is 5.13 Å². The number of methoxy groups -OCH3 is 1. The van der Waals surface area contributed by atoms with Crippen LogP contribution in [0.15, 0.2) is 30.3 Å². The van der Waals surface area contributed by atoms with Gasteiger partial charge in [0.1, 0.15) is 11.6 Å². The van der Waals surface area contributed by atoms with Crippen LogP contribution >= 0.6 is 11.3 Å². The number of rotatable bonds is 9. The van der Waals surface area contributed by atoms with Crippen molar-refractivity contribution in [2.24, 2.45) is 0 Å². The average molecular weight is 376 g/mol. The highest BCUT2D eigenvalue weighted by Crippen LogP contribution is 2.25. The lowest BCUT2D eigenvalue weighted by Gasteiger charge is -2.28. The third-order valence-corrected chi connectivity index (χ3v) is 4.87. The fourth-order valence-corrected chi connectivity index (χ4v) is 3.16. The fourth-order valence-electron chi connectivity index (χ4n) is 2.39. The number of benzene rings is 1. The first-order chi connectivity index (χ1) is 12.5. The molecule has 8 heteroatoms. The Labute approximate surface area is 157 Å². The maximum atomic E-state index is 12.2. The number of nitrogens with one attached hydrogen (secondary N) is 1. The minimum atomic E-state index is -0.195. The molecular formula is C18H24N4O3S. The SMILES string of the molecule is CCC(C)N(CCC(=O)Nc1nnc(-c2ccccc2)s1)C(=O)COC. The molecule has 0 radical (unpaired) electrons. The Balaban J connectivity index is 1.91. The van der Waals surface area contributed by atoms with Crippen LogP contribution < -0.4 is 5.32 Å². The van der Waals surface area contributed by atoms with Gasteiger partial charge in [-0.05, 0) is 13.3 Å². The molecule has 1 N–H and O–H groups in total. The number of amides is 2. The number of hydrogen-bond acceptors (Lipinski definition) is 6. The van der Waals surface area contributed by atoms with Gasteiger partial charge in [0.2, 0.25) is 16.9 Å². The van der Waals surface area contributed by atoms with Crippen molar-refractivity contribution in [2.75, 3.05) is 25.6 Å². The molecule has 0 aliphatic rings. The highest BCUT2D eigenvalue weighted by atomic mass is 32.1. The number of nitrogens with zero attached hydrogens (tertiary/aromatic N) is 3. The van der Waals surface area contributed by atoms with Crippen LogP contribution in [0.25, 0.3) is 10.6 Å². The van der Waals surface area contributed by atoms with Crippen molar-refractivity contribution in [1.29, 1.82) is 0 Å². The summed E-state index contributed by atoms with van der Waals surface area (Å²) >= 11 is 1.32. The van der Waals surface area contributed by atoms with E-state index in [-0.39, 0.29) is 30.9 Å². The number of carbonyl (C=O) groups is 2. The molecule has 1 aromatic carbocycles. The molecule has 7 nitrogen and oxygen atoms in total. The Morgan fingerprint density at radius 1 is 1.27 bits per heavy atom. The van der Waals surface area contributed by atoms with E-state index in [2.05, 4.69) is 15.5 Å². The molecule has 2 amide bonds. The first-order valence-corrected chi connectivity index (χ1v) is 9.34. The summed E-state index contributed by atoms with van der Waals surface area (Å²) in [4.78, 5) is 26.0. The molecule has 0 spiro atoms. The zero-order valence-electron chi connectivity index (χ0n) is 15.3. The maximum absolute atomic E-state index is 12.2. The predicted octanol–water partition coefficient (Wildman–Crippen LogP) is 2.81. The van der Waals surface area contributed by atoms with Gasteiger partial charge in [0, 0.05) is 31.7 Å². The fraction of sp³-hybridized carbons (Fsp3) is 0.444. The van der Waals surface area contributed by atoms with Crippen LogP contribution in [0.5, 0.6) is 0 Å². The van der Waals surface area contributed by atoms with E-state index in [1.807, 2.05) is 44.2 Å². The zero-order valence-corrected chi connectivity index (χ0v) is 16.1. The molecule has 1 atom stereocenters. The molecule has 26 heavy (non-hydrogen) atoms. The summed E-state index contributed by atoms with van der Waals surface area (Å²) in [6.45, 7) is 4.32. The second-order valence-corrected chi connectivity index (χ2v) is 6.83. The predicted molar refractivity (Wildman–Crippen MR) is 102 cm³/mol. The molecule has 2 aromatic rings. The minimum Gasteiger partial charge on any atom is -0.375 e. The Kier molecular flexibility index (Phi) is 7.68. The van der Waals surface area contributed by atoms with Gasteiger partial charge in [0.15, 0.2) is 0 Å². The molecule has 1 aromatic heterocycles. The van der Waals surface area contributed by atoms with Crippen molar-refractivity contribution in [1.82, 2.24) is 15.1 Å². The van der Waals surface area contributed by atoms with Gasteiger partial charge in [-0.1, -0.05) is 48.6 Å². The maximum Gasteiger partial charge on any atom is 0.248 e. The van der Waals surface area contributed by atoms with Gasteiger partial charge in [0.05, 0.1) is 0 Å². The van der Waals surface area contributed by atoms with E-state index >= 15 is 0 Å². The van der Waals surface area contributed by atoms with Gasteiger partial charge in [-0.25, -0.2) is 0 Å². The summed E-state index contributed by atoms with van der Waals surface area (Å²) in [6, 6.07) is 9.72. The normalized spacial score (nSPS) is 11.8. The van der Waals surface area contributed by atoms with Crippen molar-refractivity contribution in [2.45, 2.75) is 32.7 Å². The highest BCUT2D eigenvalue weighted by molar-refractivity contribution is 7.18. The largest absolute Gasteiger partial charge is 0.375 e. The van der Waals surface area contributed by atoms with Crippen molar-refractivity contribution in [3.63, 3.8) is 0 Å². The standard InChI is InChI=1S/C18H24N4O3S/c1-4-13(2)22(16(24)12-25-3)11-10-15(23)19-18-21-20-17(26-18)14-8-6-5-7-9-14/h5-9,13H,4,10-12H2,1-3H3,(H,19,21,23). The summed E-state index contributed by atoms with van der Waals surface area (Å²) in [5.41, 5.74) is 0.957. The second-order valence-electron chi connectivity index (χ2n) is 5.85. The molecule has 2 rings (SSSR count). The smallest absolute Gasteiger partial charge is 0.248 e. The number of anilines is 1. The first-order valence-electron chi connectivity index (χ1n) is 8.52. The Morgan fingerprint density at radius 2 is 2.00 bits per heavy atom. The molecular weight excluding hydrogens is 352 g/mol. The number of ether oxygens (including phenoxy) is 1. The molecule has 0 aliphatic heterocycles. The molecule has 1 heterocycles. The monoisotopic (exact) mass is 376 g/mol. The van der Waals surface area contributed by atoms with E-state index in [9.17, 15) is 9.59 Å². The lowest BCUT2D eigenvalue weighted by atomic mass is 10.2. The average Bonchev–Trinajstić information content (AvgIpc) is 3.11. The third kappa shape index (κ3) is 5.60. The Hall–Kier alpha value is -2.32. The van der Waals surface area contributed by atoms with Gasteiger partial charge in [-0.15, -0.1) is 10.2 Å². The van der Waals surface area contributed by atoms with Gasteiger partial charge in [-0.2, -0.15) is 0 Å². The molecule has 0 fully saturated rings. The zero-order chi connectivity index (χ0) is 18.9. The lowest BCUT2D eigenvalue weighted by molar-refractivity contribution is -0.137. The summed E-state index contributed by atoms with van der Waals surface area (Å²) in [5, 5.41) is 12.1. The van der Waals surface area contributed by atoms with Crippen LogP contribution in [0, 0.1) is 0 Å². The molecule has 0 aliphatic carbocycles. The molecule has 0 bridgehead atoms. The van der Waals surface area contributed by atoms with Crippen LogP contribution in [0.2, 0.25) is 0 Å². The van der Waals surface area contributed by atoms with Crippen molar-refractivity contribution in [3.05, 3.63) is 30.3 Å². The molecule has 140 valence electrons. The van der Waals surface area contributed by atoms with E-state index in [4.69, 9.17) is 4.74 Å². The minimum absolute atomic E-state index is 0.0167. The quantitative estimate of drug-likeness (QED) is 0.727. The molecule has 0 saturated heterocycles. The number of aromatic nitrogens is 2. The summed E-state index contributed by atoms with van der Waals surface area (Å²) in [5.74, 6) is -0.309. The van der Waals surface area contributed by atoms with E-state index in [1.54, 1.807) is 4.90 Å². The Bertz CT molecular complexity index is 720. The third-order valence-electron chi connectivity index (χ3n) is 3.98. The molecule has 1 unspecified atom stereocenters. The second kappa shape index (κ2) is 9.98.